The standard InChI is InChI=1S/C15H25BrN2O2S/c1-4-5-6-7-12(2)18-21(19,20)15-10-13(11-17-3)8-9-14(15)16/h8-10,12,17-18H,4-7,11H2,1-3H3. The molecule has 0 saturated heterocycles. The largest absolute Gasteiger partial charge is 0.316 e. The van der Waals surface area contributed by atoms with E-state index >= 15 is 0 Å². The molecule has 0 spiro atoms. The highest BCUT2D eigenvalue weighted by Gasteiger charge is 2.20. The minimum absolute atomic E-state index is 0.0543. The van der Waals surface area contributed by atoms with E-state index in [-0.39, 0.29) is 6.04 Å². The molecule has 6 heteroatoms. The Bertz CT molecular complexity index is 547. The summed E-state index contributed by atoms with van der Waals surface area (Å²) in [5.41, 5.74) is 0.944. The maximum Gasteiger partial charge on any atom is 0.241 e. The molecule has 0 fully saturated rings. The number of nitrogens with one attached hydrogen (secondary N) is 2. The molecule has 4 nitrogen and oxygen atoms in total. The highest BCUT2D eigenvalue weighted by Crippen LogP contribution is 2.23. The molecule has 0 aromatic heterocycles. The van der Waals surface area contributed by atoms with Crippen molar-refractivity contribution in [3.8, 4) is 0 Å². The Morgan fingerprint density at radius 2 is 2.00 bits per heavy atom. The summed E-state index contributed by atoms with van der Waals surface area (Å²) in [6.45, 7) is 4.69. The van der Waals surface area contributed by atoms with Crippen molar-refractivity contribution in [1.29, 1.82) is 0 Å². The van der Waals surface area contributed by atoms with E-state index in [0.717, 1.165) is 31.2 Å². The van der Waals surface area contributed by atoms with Crippen molar-refractivity contribution < 1.29 is 8.42 Å². The van der Waals surface area contributed by atoms with E-state index in [9.17, 15) is 8.42 Å². The second-order valence-corrected chi connectivity index (χ2v) is 7.85. The molecular weight excluding hydrogens is 352 g/mol. The zero-order chi connectivity index (χ0) is 15.9. The van der Waals surface area contributed by atoms with Gasteiger partial charge in [-0.1, -0.05) is 32.3 Å². The van der Waals surface area contributed by atoms with Crippen LogP contribution < -0.4 is 10.0 Å². The average Bonchev–Trinajstić information content (AvgIpc) is 2.41. The molecule has 0 aliphatic rings. The molecule has 0 aliphatic carbocycles. The van der Waals surface area contributed by atoms with Crippen molar-refractivity contribution in [2.24, 2.45) is 0 Å². The predicted molar refractivity (Wildman–Crippen MR) is 90.8 cm³/mol. The molecule has 1 aromatic carbocycles. The van der Waals surface area contributed by atoms with E-state index in [4.69, 9.17) is 0 Å². The first kappa shape index (κ1) is 18.6. The van der Waals surface area contributed by atoms with Gasteiger partial charge in [0.15, 0.2) is 0 Å². The van der Waals surface area contributed by atoms with Gasteiger partial charge < -0.3 is 5.32 Å². The molecule has 1 rings (SSSR count). The first-order valence-corrected chi connectivity index (χ1v) is 9.63. The topological polar surface area (TPSA) is 58.2 Å². The fraction of sp³-hybridized carbons (Fsp3) is 0.600. The molecule has 0 aliphatic heterocycles. The van der Waals surface area contributed by atoms with Gasteiger partial charge in [0.05, 0.1) is 4.90 Å². The van der Waals surface area contributed by atoms with E-state index in [0.29, 0.717) is 15.9 Å². The number of hydrogen-bond donors (Lipinski definition) is 2. The lowest BCUT2D eigenvalue weighted by atomic mass is 10.1. The van der Waals surface area contributed by atoms with Gasteiger partial charge in [-0.05, 0) is 54.0 Å². The van der Waals surface area contributed by atoms with Crippen molar-refractivity contribution in [3.05, 3.63) is 28.2 Å². The van der Waals surface area contributed by atoms with Crippen molar-refractivity contribution in [1.82, 2.24) is 10.0 Å². The summed E-state index contributed by atoms with van der Waals surface area (Å²) in [6.07, 6.45) is 4.17. The fourth-order valence-electron chi connectivity index (χ4n) is 2.16. The number of sulfonamides is 1. The molecular formula is C15H25BrN2O2S. The average molecular weight is 377 g/mol. The molecule has 1 unspecified atom stereocenters. The summed E-state index contributed by atoms with van der Waals surface area (Å²) >= 11 is 3.33. The van der Waals surface area contributed by atoms with Crippen LogP contribution in [0.2, 0.25) is 0 Å². The molecule has 0 amide bonds. The molecule has 0 heterocycles. The smallest absolute Gasteiger partial charge is 0.241 e. The number of hydrogen-bond acceptors (Lipinski definition) is 3. The quantitative estimate of drug-likeness (QED) is 0.649. The lowest BCUT2D eigenvalue weighted by Crippen LogP contribution is -2.32. The first-order valence-electron chi connectivity index (χ1n) is 7.36. The zero-order valence-electron chi connectivity index (χ0n) is 12.9. The highest BCUT2D eigenvalue weighted by molar-refractivity contribution is 9.10. The fourth-order valence-corrected chi connectivity index (χ4v) is 4.45. The maximum absolute atomic E-state index is 12.5. The van der Waals surface area contributed by atoms with Gasteiger partial charge in [-0.15, -0.1) is 0 Å². The summed E-state index contributed by atoms with van der Waals surface area (Å²) in [6, 6.07) is 5.34. The van der Waals surface area contributed by atoms with Crippen LogP contribution in [0.15, 0.2) is 27.6 Å². The summed E-state index contributed by atoms with van der Waals surface area (Å²) in [5.74, 6) is 0. The number of unbranched alkanes of at least 4 members (excludes halogenated alkanes) is 2. The highest BCUT2D eigenvalue weighted by atomic mass is 79.9. The van der Waals surface area contributed by atoms with Crippen molar-refractivity contribution >= 4 is 26.0 Å². The van der Waals surface area contributed by atoms with Gasteiger partial charge >= 0.3 is 0 Å². The van der Waals surface area contributed by atoms with Crippen molar-refractivity contribution in [2.45, 2.75) is 57.0 Å². The Morgan fingerprint density at radius 1 is 1.29 bits per heavy atom. The Morgan fingerprint density at radius 3 is 2.62 bits per heavy atom. The molecule has 120 valence electrons. The van der Waals surface area contributed by atoms with E-state index in [1.807, 2.05) is 20.0 Å². The van der Waals surface area contributed by atoms with Gasteiger partial charge in [0.1, 0.15) is 0 Å². The third kappa shape index (κ3) is 6.06. The molecule has 0 radical (unpaired) electrons. The van der Waals surface area contributed by atoms with Gasteiger partial charge in [-0.2, -0.15) is 0 Å². The van der Waals surface area contributed by atoms with E-state index < -0.39 is 10.0 Å². The number of benzene rings is 1. The van der Waals surface area contributed by atoms with Crippen LogP contribution in [-0.2, 0) is 16.6 Å². The van der Waals surface area contributed by atoms with Crippen LogP contribution in [0.5, 0.6) is 0 Å². The number of rotatable bonds is 9. The Hall–Kier alpha value is -0.430. The lowest BCUT2D eigenvalue weighted by Gasteiger charge is -2.15. The van der Waals surface area contributed by atoms with Gasteiger partial charge in [-0.3, -0.25) is 0 Å². The second-order valence-electron chi connectivity index (χ2n) is 5.31. The van der Waals surface area contributed by atoms with E-state index in [1.165, 1.54) is 0 Å². The molecule has 21 heavy (non-hydrogen) atoms. The minimum atomic E-state index is -3.49. The Kier molecular flexibility index (Phi) is 7.87. The predicted octanol–water partition coefficient (Wildman–Crippen LogP) is 3.42. The van der Waals surface area contributed by atoms with Gasteiger partial charge in [0.2, 0.25) is 10.0 Å². The molecule has 0 bridgehead atoms. The summed E-state index contributed by atoms with van der Waals surface area (Å²) in [4.78, 5) is 0.303. The number of halogens is 1. The van der Waals surface area contributed by atoms with Gasteiger partial charge in [-0.25, -0.2) is 13.1 Å². The molecule has 2 N–H and O–H groups in total. The molecule has 1 aromatic rings. The van der Waals surface area contributed by atoms with Gasteiger partial charge in [0.25, 0.3) is 0 Å². The van der Waals surface area contributed by atoms with Crippen LogP contribution in [-0.4, -0.2) is 21.5 Å². The van der Waals surface area contributed by atoms with Crippen LogP contribution in [0.3, 0.4) is 0 Å². The molecule has 0 saturated carbocycles. The van der Waals surface area contributed by atoms with Gasteiger partial charge in [0, 0.05) is 17.1 Å². The Labute approximate surface area is 136 Å². The maximum atomic E-state index is 12.5. The SMILES string of the molecule is CCCCCC(C)NS(=O)(=O)c1cc(CNC)ccc1Br. The minimum Gasteiger partial charge on any atom is -0.316 e. The monoisotopic (exact) mass is 376 g/mol. The summed E-state index contributed by atoms with van der Waals surface area (Å²) < 4.78 is 28.3. The van der Waals surface area contributed by atoms with Crippen molar-refractivity contribution in [3.63, 3.8) is 0 Å². The third-order valence-electron chi connectivity index (χ3n) is 3.26. The van der Waals surface area contributed by atoms with Crippen LogP contribution in [0, 0.1) is 0 Å². The van der Waals surface area contributed by atoms with Crippen molar-refractivity contribution in [2.75, 3.05) is 7.05 Å². The normalized spacial score (nSPS) is 13.3. The van der Waals surface area contributed by atoms with Crippen LogP contribution in [0.25, 0.3) is 0 Å². The van der Waals surface area contributed by atoms with Crippen LogP contribution in [0.1, 0.15) is 45.1 Å². The summed E-state index contributed by atoms with van der Waals surface area (Å²) in [7, 11) is -1.66. The molecule has 1 atom stereocenters. The lowest BCUT2D eigenvalue weighted by molar-refractivity contribution is 0.527. The van der Waals surface area contributed by atoms with Crippen LogP contribution >= 0.6 is 15.9 Å². The second kappa shape index (κ2) is 8.88. The van der Waals surface area contributed by atoms with E-state index in [2.05, 4.69) is 32.9 Å². The first-order chi connectivity index (χ1) is 9.90. The zero-order valence-corrected chi connectivity index (χ0v) is 15.4. The Balaban J connectivity index is 2.84. The van der Waals surface area contributed by atoms with E-state index in [1.54, 1.807) is 12.1 Å². The third-order valence-corrected chi connectivity index (χ3v) is 5.85. The summed E-state index contributed by atoms with van der Waals surface area (Å²) in [5, 5.41) is 3.03. The van der Waals surface area contributed by atoms with Crippen LogP contribution in [0.4, 0.5) is 0 Å².